The largest absolute Gasteiger partial charge is 0.494 e. The summed E-state index contributed by atoms with van der Waals surface area (Å²) < 4.78 is 16.8. The van der Waals surface area contributed by atoms with Gasteiger partial charge in [0.15, 0.2) is 0 Å². The molecule has 0 aliphatic heterocycles. The molecule has 0 spiro atoms. The molecule has 0 amide bonds. The molecule has 1 atom stereocenters. The van der Waals surface area contributed by atoms with Gasteiger partial charge in [0.1, 0.15) is 17.2 Å². The van der Waals surface area contributed by atoms with Gasteiger partial charge in [0.2, 0.25) is 0 Å². The molecule has 28 heavy (non-hydrogen) atoms. The number of ether oxygens (including phenoxy) is 3. The minimum absolute atomic E-state index is 0.397. The van der Waals surface area contributed by atoms with E-state index in [-0.39, 0.29) is 0 Å². The molecule has 0 saturated heterocycles. The van der Waals surface area contributed by atoms with Crippen molar-refractivity contribution in [3.63, 3.8) is 0 Å². The van der Waals surface area contributed by atoms with E-state index >= 15 is 0 Å². The number of rotatable bonds is 12. The highest BCUT2D eigenvalue weighted by atomic mass is 16.5. The van der Waals surface area contributed by atoms with Crippen molar-refractivity contribution in [2.24, 2.45) is 5.92 Å². The first kappa shape index (κ1) is 21.5. The molecule has 4 heteroatoms. The summed E-state index contributed by atoms with van der Waals surface area (Å²) in [4.78, 5) is 12.3. The van der Waals surface area contributed by atoms with Gasteiger partial charge < -0.3 is 14.2 Å². The fourth-order valence-corrected chi connectivity index (χ4v) is 2.39. The number of allylic oxidation sites excluding steroid dienone is 1. The van der Waals surface area contributed by atoms with Gasteiger partial charge in [-0.2, -0.15) is 0 Å². The third kappa shape index (κ3) is 7.47. The monoisotopic (exact) mass is 382 g/mol. The molecule has 0 radical (unpaired) electrons. The van der Waals surface area contributed by atoms with Crippen LogP contribution in [0.25, 0.3) is 0 Å². The van der Waals surface area contributed by atoms with Gasteiger partial charge in [-0.3, -0.25) is 0 Å². The maximum atomic E-state index is 12.3. The summed E-state index contributed by atoms with van der Waals surface area (Å²) >= 11 is 0. The fourth-order valence-electron chi connectivity index (χ4n) is 2.39. The number of unbranched alkanes of at least 4 members (excludes halogenated alkanes) is 2. The minimum Gasteiger partial charge on any atom is -0.494 e. The molecule has 2 rings (SSSR count). The number of hydrogen-bond acceptors (Lipinski definition) is 4. The van der Waals surface area contributed by atoms with E-state index in [4.69, 9.17) is 14.2 Å². The Balaban J connectivity index is 1.81. The van der Waals surface area contributed by atoms with Gasteiger partial charge in [0, 0.05) is 0 Å². The first-order chi connectivity index (χ1) is 13.6. The molecule has 2 aromatic carbocycles. The molecular weight excluding hydrogens is 352 g/mol. The van der Waals surface area contributed by atoms with E-state index in [0.29, 0.717) is 30.4 Å². The van der Waals surface area contributed by atoms with Crippen molar-refractivity contribution in [3.8, 4) is 17.2 Å². The number of carbonyl (C=O) groups is 1. The van der Waals surface area contributed by atoms with E-state index in [1.54, 1.807) is 36.4 Å². The molecule has 0 bridgehead atoms. The van der Waals surface area contributed by atoms with Crippen molar-refractivity contribution in [2.75, 3.05) is 13.2 Å². The average Bonchev–Trinajstić information content (AvgIpc) is 2.73. The normalized spacial score (nSPS) is 11.5. The van der Waals surface area contributed by atoms with Crippen LogP contribution in [0.1, 0.15) is 49.9 Å². The van der Waals surface area contributed by atoms with Gasteiger partial charge in [-0.15, -0.1) is 6.58 Å². The predicted octanol–water partition coefficient (Wildman–Crippen LogP) is 6.07. The van der Waals surface area contributed by atoms with Gasteiger partial charge in [-0.05, 0) is 73.7 Å². The van der Waals surface area contributed by atoms with Gasteiger partial charge in [-0.1, -0.05) is 26.3 Å². The van der Waals surface area contributed by atoms with E-state index in [1.165, 1.54) is 0 Å². The molecule has 150 valence electrons. The predicted molar refractivity (Wildman–Crippen MR) is 112 cm³/mol. The lowest BCUT2D eigenvalue weighted by atomic mass is 10.1. The summed E-state index contributed by atoms with van der Waals surface area (Å²) in [5, 5.41) is 0. The third-order valence-corrected chi connectivity index (χ3v) is 4.43. The zero-order valence-corrected chi connectivity index (χ0v) is 16.9. The first-order valence-electron chi connectivity index (χ1n) is 9.91. The second-order valence-electron chi connectivity index (χ2n) is 6.84. The highest BCUT2D eigenvalue weighted by molar-refractivity contribution is 5.91. The fraction of sp³-hybridized carbons (Fsp3) is 0.375. The number of hydrogen-bond donors (Lipinski definition) is 0. The standard InChI is InChI=1S/C24H30O4/c1-4-6-7-8-17-26-21-11-9-20(10-12-21)24(25)28-23-15-13-22(14-16-23)27-18-19(3)5-2/h4,9-16,19H,1,5-8,17-18H2,2-3H3. The Kier molecular flexibility index (Phi) is 9.13. The molecule has 0 aliphatic rings. The second kappa shape index (κ2) is 11.9. The van der Waals surface area contributed by atoms with Gasteiger partial charge >= 0.3 is 5.97 Å². The van der Waals surface area contributed by atoms with Gasteiger partial charge in [0.25, 0.3) is 0 Å². The van der Waals surface area contributed by atoms with Crippen molar-refractivity contribution in [3.05, 3.63) is 66.7 Å². The van der Waals surface area contributed by atoms with Crippen LogP contribution in [0, 0.1) is 5.92 Å². The van der Waals surface area contributed by atoms with Crippen molar-refractivity contribution in [1.82, 2.24) is 0 Å². The van der Waals surface area contributed by atoms with E-state index in [9.17, 15) is 4.79 Å². The lowest BCUT2D eigenvalue weighted by Crippen LogP contribution is -2.09. The highest BCUT2D eigenvalue weighted by Crippen LogP contribution is 2.20. The Bertz CT molecular complexity index is 719. The topological polar surface area (TPSA) is 44.8 Å². The molecule has 0 aromatic heterocycles. The lowest BCUT2D eigenvalue weighted by Gasteiger charge is -2.11. The zero-order chi connectivity index (χ0) is 20.2. The van der Waals surface area contributed by atoms with Crippen molar-refractivity contribution in [1.29, 1.82) is 0 Å². The Labute approximate surface area is 168 Å². The van der Waals surface area contributed by atoms with Crippen LogP contribution < -0.4 is 14.2 Å². The van der Waals surface area contributed by atoms with Crippen LogP contribution in [-0.4, -0.2) is 19.2 Å². The van der Waals surface area contributed by atoms with Crippen molar-refractivity contribution >= 4 is 5.97 Å². The van der Waals surface area contributed by atoms with Gasteiger partial charge in [-0.25, -0.2) is 4.79 Å². The van der Waals surface area contributed by atoms with Crippen LogP contribution in [0.4, 0.5) is 0 Å². The number of benzene rings is 2. The van der Waals surface area contributed by atoms with Crippen molar-refractivity contribution < 1.29 is 19.0 Å². The van der Waals surface area contributed by atoms with E-state index < -0.39 is 5.97 Å². The molecule has 0 aliphatic carbocycles. The summed E-state index contributed by atoms with van der Waals surface area (Å²) in [5.41, 5.74) is 0.483. The minimum atomic E-state index is -0.397. The zero-order valence-electron chi connectivity index (χ0n) is 16.9. The van der Waals surface area contributed by atoms with Crippen molar-refractivity contribution in [2.45, 2.75) is 39.5 Å². The van der Waals surface area contributed by atoms with Crippen LogP contribution in [0.2, 0.25) is 0 Å². The average molecular weight is 383 g/mol. The quantitative estimate of drug-likeness (QED) is 0.193. The highest BCUT2D eigenvalue weighted by Gasteiger charge is 2.09. The van der Waals surface area contributed by atoms with Gasteiger partial charge in [0.05, 0.1) is 18.8 Å². The Morgan fingerprint density at radius 3 is 2.21 bits per heavy atom. The molecule has 0 heterocycles. The van der Waals surface area contributed by atoms with Crippen LogP contribution in [0.5, 0.6) is 17.2 Å². The Morgan fingerprint density at radius 2 is 1.57 bits per heavy atom. The Morgan fingerprint density at radius 1 is 0.964 bits per heavy atom. The maximum absolute atomic E-state index is 12.3. The number of esters is 1. The number of carbonyl (C=O) groups excluding carboxylic acids is 1. The molecule has 4 nitrogen and oxygen atoms in total. The second-order valence-corrected chi connectivity index (χ2v) is 6.84. The summed E-state index contributed by atoms with van der Waals surface area (Å²) in [5.74, 6) is 2.12. The molecule has 0 saturated carbocycles. The smallest absolute Gasteiger partial charge is 0.343 e. The maximum Gasteiger partial charge on any atom is 0.343 e. The summed E-state index contributed by atoms with van der Waals surface area (Å²) in [6.45, 7) is 9.33. The van der Waals surface area contributed by atoms with Crippen LogP contribution in [0.3, 0.4) is 0 Å². The third-order valence-electron chi connectivity index (χ3n) is 4.43. The lowest BCUT2D eigenvalue weighted by molar-refractivity contribution is 0.0734. The first-order valence-corrected chi connectivity index (χ1v) is 9.91. The Hall–Kier alpha value is -2.75. The molecule has 1 unspecified atom stereocenters. The van der Waals surface area contributed by atoms with E-state index in [0.717, 1.165) is 37.2 Å². The van der Waals surface area contributed by atoms with Crippen LogP contribution >= 0.6 is 0 Å². The summed E-state index contributed by atoms with van der Waals surface area (Å²) in [7, 11) is 0. The van der Waals surface area contributed by atoms with E-state index in [1.807, 2.05) is 18.2 Å². The molecular formula is C24H30O4. The van der Waals surface area contributed by atoms with E-state index in [2.05, 4.69) is 20.4 Å². The van der Waals surface area contributed by atoms with Crippen LogP contribution in [0.15, 0.2) is 61.2 Å². The molecule has 2 aromatic rings. The molecule has 0 fully saturated rings. The summed E-state index contributed by atoms with van der Waals surface area (Å²) in [6.07, 6.45) is 6.03. The summed E-state index contributed by atoms with van der Waals surface area (Å²) in [6, 6.07) is 14.1. The SMILES string of the molecule is C=CCCCCOc1ccc(C(=O)Oc2ccc(OCC(C)CC)cc2)cc1. The van der Waals surface area contributed by atoms with Crippen LogP contribution in [-0.2, 0) is 0 Å². The molecule has 0 N–H and O–H groups in total.